The van der Waals surface area contributed by atoms with E-state index in [1.54, 1.807) is 6.07 Å². The Labute approximate surface area is 83.1 Å². The van der Waals surface area contributed by atoms with Crippen LogP contribution < -0.4 is 4.74 Å². The highest BCUT2D eigenvalue weighted by atomic mass is 79.9. The molecular weight excluding hydrogens is 238 g/mol. The summed E-state index contributed by atoms with van der Waals surface area (Å²) in [4.78, 5) is 9.93. The first-order valence-electron chi connectivity index (χ1n) is 3.36. The van der Waals surface area contributed by atoms with Gasteiger partial charge in [0.15, 0.2) is 0 Å². The van der Waals surface area contributed by atoms with Crippen molar-refractivity contribution in [2.75, 3.05) is 0 Å². The van der Waals surface area contributed by atoms with Crippen LogP contribution in [0.2, 0.25) is 0 Å². The van der Waals surface area contributed by atoms with Gasteiger partial charge in [0.05, 0.1) is 17.3 Å². The second kappa shape index (κ2) is 4.04. The number of non-ortho nitro benzene ring substituents is 1. The number of nitrogens with zero attached hydrogens (tertiary/aromatic N) is 1. The predicted octanol–water partition coefficient (Wildman–Crippen LogP) is 2.88. The fraction of sp³-hybridized carbons (Fsp3) is 0. The number of hydrogen-bond donors (Lipinski definition) is 0. The molecule has 1 aromatic carbocycles. The Balaban J connectivity index is 3.10. The molecule has 0 bridgehead atoms. The Kier molecular flexibility index (Phi) is 3.02. The number of nitro benzene ring substituents is 1. The second-order valence-corrected chi connectivity index (χ2v) is 3.10. The summed E-state index contributed by atoms with van der Waals surface area (Å²) in [6.45, 7) is 3.35. The lowest BCUT2D eigenvalue weighted by atomic mass is 10.3. The van der Waals surface area contributed by atoms with Crippen molar-refractivity contribution in [3.63, 3.8) is 0 Å². The summed E-state index contributed by atoms with van der Waals surface area (Å²) in [5.41, 5.74) is -0.0220. The van der Waals surface area contributed by atoms with Crippen molar-refractivity contribution in [1.82, 2.24) is 0 Å². The minimum absolute atomic E-state index is 0.0220. The van der Waals surface area contributed by atoms with E-state index in [0.29, 0.717) is 10.2 Å². The van der Waals surface area contributed by atoms with Gasteiger partial charge in [-0.1, -0.05) is 22.5 Å². The van der Waals surface area contributed by atoms with E-state index in [9.17, 15) is 10.1 Å². The summed E-state index contributed by atoms with van der Waals surface area (Å²) in [6.07, 6.45) is 1.21. The van der Waals surface area contributed by atoms with Gasteiger partial charge in [-0.15, -0.1) is 0 Å². The van der Waals surface area contributed by atoms with Crippen LogP contribution in [0.3, 0.4) is 0 Å². The van der Waals surface area contributed by atoms with Crippen LogP contribution in [0.1, 0.15) is 0 Å². The zero-order valence-corrected chi connectivity index (χ0v) is 8.15. The number of benzene rings is 1. The molecule has 0 fully saturated rings. The summed E-state index contributed by atoms with van der Waals surface area (Å²) in [5.74, 6) is 0.385. The van der Waals surface area contributed by atoms with Crippen molar-refractivity contribution in [3.8, 4) is 5.75 Å². The molecule has 0 amide bonds. The van der Waals surface area contributed by atoms with E-state index in [1.807, 2.05) is 0 Å². The third-order valence-electron chi connectivity index (χ3n) is 1.29. The molecule has 0 spiro atoms. The summed E-state index contributed by atoms with van der Waals surface area (Å²) < 4.78 is 5.50. The first-order valence-corrected chi connectivity index (χ1v) is 4.15. The molecule has 4 nitrogen and oxygen atoms in total. The van der Waals surface area contributed by atoms with Gasteiger partial charge in [0, 0.05) is 10.5 Å². The van der Waals surface area contributed by atoms with Gasteiger partial charge in [-0.3, -0.25) is 10.1 Å². The largest absolute Gasteiger partial charge is 0.465 e. The molecule has 0 atom stereocenters. The highest BCUT2D eigenvalue weighted by molar-refractivity contribution is 9.10. The molecule has 0 radical (unpaired) electrons. The van der Waals surface area contributed by atoms with Crippen LogP contribution in [-0.4, -0.2) is 4.92 Å². The predicted molar refractivity (Wildman–Crippen MR) is 51.6 cm³/mol. The average molecular weight is 244 g/mol. The number of ether oxygens (including phenoxy) is 1. The highest BCUT2D eigenvalue weighted by Gasteiger charge is 2.08. The molecule has 0 aliphatic rings. The van der Waals surface area contributed by atoms with Crippen LogP contribution >= 0.6 is 15.9 Å². The van der Waals surface area contributed by atoms with E-state index in [0.717, 1.165) is 0 Å². The lowest BCUT2D eigenvalue weighted by molar-refractivity contribution is -0.385. The Morgan fingerprint density at radius 3 is 2.77 bits per heavy atom. The van der Waals surface area contributed by atoms with Crippen LogP contribution in [0.4, 0.5) is 5.69 Å². The van der Waals surface area contributed by atoms with Gasteiger partial charge in [0.1, 0.15) is 5.75 Å². The monoisotopic (exact) mass is 243 g/mol. The molecule has 13 heavy (non-hydrogen) atoms. The van der Waals surface area contributed by atoms with Gasteiger partial charge < -0.3 is 4.74 Å². The molecule has 0 saturated heterocycles. The van der Waals surface area contributed by atoms with Gasteiger partial charge in [0.2, 0.25) is 0 Å². The second-order valence-electron chi connectivity index (χ2n) is 2.19. The van der Waals surface area contributed by atoms with Gasteiger partial charge in [-0.05, 0) is 6.07 Å². The van der Waals surface area contributed by atoms with Crippen molar-refractivity contribution in [3.05, 3.63) is 45.6 Å². The third kappa shape index (κ3) is 2.55. The first-order chi connectivity index (χ1) is 6.13. The molecule has 5 heteroatoms. The first kappa shape index (κ1) is 9.73. The van der Waals surface area contributed by atoms with Crippen molar-refractivity contribution in [2.45, 2.75) is 0 Å². The Hall–Kier alpha value is -1.36. The molecule has 0 saturated carbocycles. The molecule has 1 rings (SSSR count). The van der Waals surface area contributed by atoms with Crippen molar-refractivity contribution in [1.29, 1.82) is 0 Å². The van der Waals surface area contributed by atoms with Crippen LogP contribution in [0.25, 0.3) is 0 Å². The highest BCUT2D eigenvalue weighted by Crippen LogP contribution is 2.25. The number of halogens is 1. The van der Waals surface area contributed by atoms with E-state index in [1.165, 1.54) is 18.4 Å². The maximum absolute atomic E-state index is 10.4. The fourth-order valence-corrected chi connectivity index (χ4v) is 1.28. The summed E-state index contributed by atoms with van der Waals surface area (Å²) in [7, 11) is 0. The van der Waals surface area contributed by atoms with Crippen molar-refractivity contribution in [2.24, 2.45) is 0 Å². The smallest absolute Gasteiger partial charge is 0.274 e. The van der Waals surface area contributed by atoms with E-state index >= 15 is 0 Å². The maximum atomic E-state index is 10.4. The quantitative estimate of drug-likeness (QED) is 0.466. The van der Waals surface area contributed by atoms with Gasteiger partial charge >= 0.3 is 0 Å². The van der Waals surface area contributed by atoms with Crippen LogP contribution in [0.5, 0.6) is 5.75 Å². The maximum Gasteiger partial charge on any atom is 0.274 e. The zero-order chi connectivity index (χ0) is 9.84. The molecule has 1 aromatic rings. The number of rotatable bonds is 3. The zero-order valence-electron chi connectivity index (χ0n) is 6.57. The topological polar surface area (TPSA) is 52.4 Å². The van der Waals surface area contributed by atoms with Crippen LogP contribution in [0, 0.1) is 10.1 Å². The molecule has 0 unspecified atom stereocenters. The van der Waals surface area contributed by atoms with Gasteiger partial charge in [-0.2, -0.15) is 0 Å². The summed E-state index contributed by atoms with van der Waals surface area (Å²) >= 11 is 3.13. The van der Waals surface area contributed by atoms with Gasteiger partial charge in [0.25, 0.3) is 5.69 Å². The lowest BCUT2D eigenvalue weighted by Crippen LogP contribution is -1.89. The van der Waals surface area contributed by atoms with Crippen LogP contribution in [-0.2, 0) is 0 Å². The third-order valence-corrected chi connectivity index (χ3v) is 1.74. The Bertz CT molecular complexity index is 351. The lowest BCUT2D eigenvalue weighted by Gasteiger charge is -1.99. The number of hydrogen-bond acceptors (Lipinski definition) is 3. The molecule has 0 aromatic heterocycles. The summed E-state index contributed by atoms with van der Waals surface area (Å²) in [6, 6.07) is 4.34. The minimum atomic E-state index is -0.485. The number of nitro groups is 1. The van der Waals surface area contributed by atoms with E-state index < -0.39 is 4.92 Å². The molecule has 0 N–H and O–H groups in total. The SMILES string of the molecule is C=COc1cc(Br)cc([N+](=O)[O-])c1. The molecular formula is C8H6BrNO3. The molecule has 0 aliphatic carbocycles. The van der Waals surface area contributed by atoms with Crippen LogP contribution in [0.15, 0.2) is 35.5 Å². The molecule has 0 aliphatic heterocycles. The molecule has 0 heterocycles. The van der Waals surface area contributed by atoms with E-state index in [4.69, 9.17) is 4.74 Å². The average Bonchev–Trinajstić information content (AvgIpc) is 2.03. The van der Waals surface area contributed by atoms with E-state index in [2.05, 4.69) is 22.5 Å². The normalized spacial score (nSPS) is 9.31. The van der Waals surface area contributed by atoms with Crippen molar-refractivity contribution < 1.29 is 9.66 Å². The van der Waals surface area contributed by atoms with Gasteiger partial charge in [-0.25, -0.2) is 0 Å². The fourth-order valence-electron chi connectivity index (χ4n) is 0.818. The Morgan fingerprint density at radius 1 is 1.54 bits per heavy atom. The van der Waals surface area contributed by atoms with Crippen molar-refractivity contribution >= 4 is 21.6 Å². The van der Waals surface area contributed by atoms with E-state index in [-0.39, 0.29) is 5.69 Å². The molecule has 68 valence electrons. The minimum Gasteiger partial charge on any atom is -0.465 e. The summed E-state index contributed by atoms with van der Waals surface area (Å²) in [5, 5.41) is 10.4. The Morgan fingerprint density at radius 2 is 2.23 bits per heavy atom. The standard InChI is InChI=1S/C8H6BrNO3/c1-2-13-8-4-6(9)3-7(5-8)10(11)12/h2-5H,1H2.